The Bertz CT molecular complexity index is 912. The van der Waals surface area contributed by atoms with E-state index in [1.165, 1.54) is 12.8 Å². The van der Waals surface area contributed by atoms with E-state index in [9.17, 15) is 4.79 Å². The smallest absolute Gasteiger partial charge is 0.266 e. The molecule has 1 aliphatic rings. The monoisotopic (exact) mass is 511 g/mol. The van der Waals surface area contributed by atoms with Crippen molar-refractivity contribution in [2.24, 2.45) is 5.92 Å². The van der Waals surface area contributed by atoms with Gasteiger partial charge in [-0.15, -0.1) is 0 Å². The Morgan fingerprint density at radius 2 is 1.79 bits per heavy atom. The average Bonchev–Trinajstić information content (AvgIpc) is 3.28. The first-order valence-corrected chi connectivity index (χ1v) is 12.8. The van der Waals surface area contributed by atoms with E-state index in [0.717, 1.165) is 31.2 Å². The lowest BCUT2D eigenvalue weighted by Gasteiger charge is -2.32. The molecule has 3 rings (SSSR count). The topological polar surface area (TPSA) is 47.6 Å². The minimum absolute atomic E-state index is 0.275. The van der Waals surface area contributed by atoms with Crippen molar-refractivity contribution in [2.75, 3.05) is 6.61 Å². The molecule has 1 fully saturated rings. The molecule has 1 amide bonds. The summed E-state index contributed by atoms with van der Waals surface area (Å²) in [4.78, 5) is 13.6. The molecule has 2 atom stereocenters. The van der Waals surface area contributed by atoms with Crippen LogP contribution >= 0.6 is 34.8 Å². The third kappa shape index (κ3) is 7.51. The number of ether oxygens (including phenoxy) is 2. The van der Waals surface area contributed by atoms with Gasteiger partial charge in [0.25, 0.3) is 5.91 Å². The van der Waals surface area contributed by atoms with Crippen LogP contribution in [0.15, 0.2) is 42.5 Å². The number of benzene rings is 2. The second-order valence-electron chi connectivity index (χ2n) is 8.90. The van der Waals surface area contributed by atoms with Crippen LogP contribution in [0.3, 0.4) is 0 Å². The molecule has 0 aromatic heterocycles. The summed E-state index contributed by atoms with van der Waals surface area (Å²) in [6.45, 7) is 4.44. The van der Waals surface area contributed by atoms with Crippen LogP contribution in [0, 0.1) is 5.92 Å². The maximum Gasteiger partial charge on any atom is 0.266 e. The minimum atomic E-state index is -1.14. The number of carbonyl (C=O) groups excluding carboxylic acids is 1. The summed E-state index contributed by atoms with van der Waals surface area (Å²) in [7, 11) is 0. The number of hydrogen-bond acceptors (Lipinski definition) is 3. The molecule has 0 spiro atoms. The molecule has 0 heterocycles. The molecular formula is C26H32Cl3NO3. The molecule has 2 aromatic rings. The number of carbonyl (C=O) groups is 1. The third-order valence-corrected chi connectivity index (χ3v) is 6.87. The van der Waals surface area contributed by atoms with Crippen molar-refractivity contribution >= 4 is 40.7 Å². The van der Waals surface area contributed by atoms with Crippen molar-refractivity contribution in [3.63, 3.8) is 0 Å². The first-order valence-electron chi connectivity index (χ1n) is 11.6. The van der Waals surface area contributed by atoms with Crippen LogP contribution < -0.4 is 10.1 Å². The van der Waals surface area contributed by atoms with E-state index >= 15 is 0 Å². The van der Waals surface area contributed by atoms with Gasteiger partial charge in [-0.25, -0.2) is 0 Å². The van der Waals surface area contributed by atoms with Gasteiger partial charge in [0.1, 0.15) is 5.75 Å². The predicted octanol–water partition coefficient (Wildman–Crippen LogP) is 8.00. The molecule has 2 unspecified atom stereocenters. The largest absolute Gasteiger partial charge is 0.478 e. The number of nitrogens with one attached hydrogen (secondary N) is 1. The molecular weight excluding hydrogens is 481 g/mol. The fourth-order valence-electron chi connectivity index (χ4n) is 4.15. The second-order valence-corrected chi connectivity index (χ2v) is 10.2. The van der Waals surface area contributed by atoms with E-state index in [1.807, 2.05) is 18.2 Å². The third-order valence-electron chi connectivity index (χ3n) is 6.09. The lowest BCUT2D eigenvalue weighted by Crippen LogP contribution is -2.50. The molecule has 0 bridgehead atoms. The Labute approximate surface area is 211 Å². The maximum atomic E-state index is 13.6. The molecule has 1 N–H and O–H groups in total. The number of amides is 1. The van der Waals surface area contributed by atoms with Crippen LogP contribution in [0.4, 0.5) is 0 Å². The van der Waals surface area contributed by atoms with Gasteiger partial charge < -0.3 is 14.8 Å². The highest BCUT2D eigenvalue weighted by atomic mass is 35.5. The van der Waals surface area contributed by atoms with Gasteiger partial charge in [-0.1, -0.05) is 79.2 Å². The molecule has 1 saturated carbocycles. The van der Waals surface area contributed by atoms with Gasteiger partial charge in [0.15, 0.2) is 11.8 Å². The minimum Gasteiger partial charge on any atom is -0.478 e. The SMILES string of the molecule is CCCCC(C)(Oc1cc(Cl)cc(Cl)c1)C(=O)NC(OCC1CCCC1)c1ccccc1Cl. The van der Waals surface area contributed by atoms with E-state index in [1.54, 1.807) is 31.2 Å². The van der Waals surface area contributed by atoms with Crippen LogP contribution in [-0.4, -0.2) is 18.1 Å². The van der Waals surface area contributed by atoms with Gasteiger partial charge >= 0.3 is 0 Å². The molecule has 7 heteroatoms. The summed E-state index contributed by atoms with van der Waals surface area (Å²) in [6, 6.07) is 12.4. The zero-order valence-corrected chi connectivity index (χ0v) is 21.5. The normalized spacial score (nSPS) is 16.9. The molecule has 33 heavy (non-hydrogen) atoms. The highest BCUT2D eigenvalue weighted by Gasteiger charge is 2.37. The fourth-order valence-corrected chi connectivity index (χ4v) is 4.89. The Morgan fingerprint density at radius 3 is 2.42 bits per heavy atom. The number of unbranched alkanes of at least 4 members (excludes halogenated alkanes) is 1. The quantitative estimate of drug-likeness (QED) is 0.310. The second kappa shape index (κ2) is 12.3. The van der Waals surface area contributed by atoms with Crippen molar-refractivity contribution in [3.05, 3.63) is 63.1 Å². The van der Waals surface area contributed by atoms with Crippen LogP contribution in [0.1, 0.15) is 70.6 Å². The number of rotatable bonds is 11. The van der Waals surface area contributed by atoms with E-state index in [-0.39, 0.29) is 5.91 Å². The highest BCUT2D eigenvalue weighted by molar-refractivity contribution is 6.34. The van der Waals surface area contributed by atoms with Gasteiger partial charge in [-0.2, -0.15) is 0 Å². The average molecular weight is 513 g/mol. The van der Waals surface area contributed by atoms with Crippen molar-refractivity contribution in [2.45, 2.75) is 70.6 Å². The van der Waals surface area contributed by atoms with Crippen molar-refractivity contribution in [1.82, 2.24) is 5.32 Å². The Kier molecular flexibility index (Phi) is 9.75. The van der Waals surface area contributed by atoms with Crippen molar-refractivity contribution in [1.29, 1.82) is 0 Å². The van der Waals surface area contributed by atoms with Crippen molar-refractivity contribution < 1.29 is 14.3 Å². The lowest BCUT2D eigenvalue weighted by atomic mass is 9.97. The molecule has 0 aliphatic heterocycles. The first kappa shape index (κ1) is 26.2. The van der Waals surface area contributed by atoms with E-state index in [4.69, 9.17) is 44.3 Å². The fraction of sp³-hybridized carbons (Fsp3) is 0.500. The van der Waals surface area contributed by atoms with Crippen LogP contribution in [-0.2, 0) is 9.53 Å². The zero-order chi connectivity index (χ0) is 23.8. The summed E-state index contributed by atoms with van der Waals surface area (Å²) in [6.07, 6.45) is 6.35. The van der Waals surface area contributed by atoms with Crippen LogP contribution in [0.2, 0.25) is 15.1 Å². The Morgan fingerprint density at radius 1 is 1.12 bits per heavy atom. The predicted molar refractivity (Wildman–Crippen MR) is 135 cm³/mol. The van der Waals surface area contributed by atoms with E-state index in [0.29, 0.717) is 39.8 Å². The first-order chi connectivity index (χ1) is 15.8. The van der Waals surface area contributed by atoms with E-state index in [2.05, 4.69) is 12.2 Å². The molecule has 2 aromatic carbocycles. The molecule has 1 aliphatic carbocycles. The molecule has 0 radical (unpaired) electrons. The molecule has 4 nitrogen and oxygen atoms in total. The Hall–Kier alpha value is -1.46. The summed E-state index contributed by atoms with van der Waals surface area (Å²) < 4.78 is 12.4. The summed E-state index contributed by atoms with van der Waals surface area (Å²) in [5.41, 5.74) is -0.408. The summed E-state index contributed by atoms with van der Waals surface area (Å²) >= 11 is 18.8. The maximum absolute atomic E-state index is 13.6. The molecule has 180 valence electrons. The zero-order valence-electron chi connectivity index (χ0n) is 19.2. The van der Waals surface area contributed by atoms with Gasteiger partial charge in [0.05, 0.1) is 6.61 Å². The van der Waals surface area contributed by atoms with Crippen molar-refractivity contribution in [3.8, 4) is 5.75 Å². The van der Waals surface area contributed by atoms with E-state index < -0.39 is 11.8 Å². The van der Waals surface area contributed by atoms with Crippen LogP contribution in [0.25, 0.3) is 0 Å². The number of hydrogen-bond donors (Lipinski definition) is 1. The molecule has 0 saturated heterocycles. The summed E-state index contributed by atoms with van der Waals surface area (Å²) in [5.74, 6) is 0.675. The van der Waals surface area contributed by atoms with Gasteiger partial charge in [0, 0.05) is 20.6 Å². The summed E-state index contributed by atoms with van der Waals surface area (Å²) in [5, 5.41) is 4.51. The highest BCUT2D eigenvalue weighted by Crippen LogP contribution is 2.32. The standard InChI is InChI=1S/C26H32Cl3NO3/c1-3-4-13-26(2,33-21-15-19(27)14-20(28)16-21)25(31)30-24(22-11-7-8-12-23(22)29)32-17-18-9-5-6-10-18/h7-8,11-12,14-16,18,24H,3-6,9-10,13,17H2,1-2H3,(H,30,31). The van der Waals surface area contributed by atoms with Crippen LogP contribution in [0.5, 0.6) is 5.75 Å². The number of halogens is 3. The van der Waals surface area contributed by atoms with Gasteiger partial charge in [-0.05, 0) is 62.8 Å². The van der Waals surface area contributed by atoms with Gasteiger partial charge in [-0.3, -0.25) is 4.79 Å². The lowest BCUT2D eigenvalue weighted by molar-refractivity contribution is -0.141. The van der Waals surface area contributed by atoms with Gasteiger partial charge in [0.2, 0.25) is 0 Å². The Balaban J connectivity index is 1.82.